The van der Waals surface area contributed by atoms with Gasteiger partial charge in [0.05, 0.1) is 15.8 Å². The summed E-state index contributed by atoms with van der Waals surface area (Å²) in [6.07, 6.45) is 0. The van der Waals surface area contributed by atoms with Crippen LogP contribution in [-0.4, -0.2) is 0 Å². The summed E-state index contributed by atoms with van der Waals surface area (Å²) in [4.78, 5) is 2.40. The molecule has 2 aliphatic rings. The Balaban J connectivity index is 0.989. The van der Waals surface area contributed by atoms with Crippen LogP contribution in [0.1, 0.15) is 47.2 Å². The van der Waals surface area contributed by atoms with Gasteiger partial charge in [-0.25, -0.2) is 0 Å². The standard InChI is InChI=1S/C58H39NOS/c1-57(2)47-19-7-9-21-49(47)58(50-22-10-8-20-48(50)57)46-18-6-3-14-40(46)41-32-28-37(34-51(41)58)36-26-29-38(30-27-36)59(39-31-33-43-42-15-4-11-24-53(42)60-54(43)35-39)52-23-13-17-45-44-16-5-12-25-55(44)61-56(45)52/h3-35H,1-2H3. The fourth-order valence-corrected chi connectivity index (χ4v) is 12.2. The van der Waals surface area contributed by atoms with Crippen molar-refractivity contribution in [2.24, 2.45) is 0 Å². The molecule has 0 aliphatic heterocycles. The first-order chi connectivity index (χ1) is 30.0. The molecule has 1 spiro atoms. The molecule has 0 amide bonds. The first kappa shape index (κ1) is 34.6. The summed E-state index contributed by atoms with van der Waals surface area (Å²) in [7, 11) is 0. The highest BCUT2D eigenvalue weighted by Gasteiger charge is 2.53. The highest BCUT2D eigenvalue weighted by atomic mass is 32.1. The van der Waals surface area contributed by atoms with Crippen LogP contribution < -0.4 is 4.90 Å². The number of fused-ring (bicyclic) bond motifs is 15. The van der Waals surface area contributed by atoms with Gasteiger partial charge in [0.2, 0.25) is 0 Å². The number of thiophene rings is 1. The molecule has 0 saturated heterocycles. The molecule has 0 N–H and O–H groups in total. The summed E-state index contributed by atoms with van der Waals surface area (Å²) in [5.41, 5.74) is 17.8. The number of rotatable bonds is 4. The molecule has 0 saturated carbocycles. The Morgan fingerprint density at radius 1 is 0.410 bits per heavy atom. The highest BCUT2D eigenvalue weighted by Crippen LogP contribution is 2.62. The molecule has 2 aromatic heterocycles. The predicted molar refractivity (Wildman–Crippen MR) is 256 cm³/mol. The molecule has 11 aromatic rings. The number of furan rings is 1. The Kier molecular flexibility index (Phi) is 7.19. The minimum Gasteiger partial charge on any atom is -0.456 e. The molecule has 0 fully saturated rings. The fourth-order valence-electron chi connectivity index (χ4n) is 11.0. The molecule has 0 unspecified atom stereocenters. The molecule has 13 rings (SSSR count). The van der Waals surface area contributed by atoms with Crippen molar-refractivity contribution in [3.8, 4) is 22.3 Å². The molecule has 2 nitrogen and oxygen atoms in total. The van der Waals surface area contributed by atoms with Gasteiger partial charge in [0.15, 0.2) is 0 Å². The van der Waals surface area contributed by atoms with Gasteiger partial charge in [0.25, 0.3) is 0 Å². The molecular formula is C58H39NOS. The van der Waals surface area contributed by atoms with E-state index in [1.165, 1.54) is 75.8 Å². The van der Waals surface area contributed by atoms with Crippen LogP contribution in [0, 0.1) is 0 Å². The summed E-state index contributed by atoms with van der Waals surface area (Å²) in [5, 5.41) is 4.82. The van der Waals surface area contributed by atoms with Crippen LogP contribution in [0.15, 0.2) is 205 Å². The average Bonchev–Trinajstić information content (AvgIpc) is 3.97. The van der Waals surface area contributed by atoms with Crippen LogP contribution in [0.4, 0.5) is 17.1 Å². The molecular weight excluding hydrogens is 759 g/mol. The van der Waals surface area contributed by atoms with Gasteiger partial charge in [-0.3, -0.25) is 0 Å². The quantitative estimate of drug-likeness (QED) is 0.176. The summed E-state index contributed by atoms with van der Waals surface area (Å²) in [6, 6.07) is 74.2. The number of hydrogen-bond donors (Lipinski definition) is 0. The molecule has 0 radical (unpaired) electrons. The van der Waals surface area contributed by atoms with Crippen LogP contribution in [-0.2, 0) is 10.8 Å². The van der Waals surface area contributed by atoms with Gasteiger partial charge in [0.1, 0.15) is 11.2 Å². The van der Waals surface area contributed by atoms with Crippen molar-refractivity contribution >= 4 is 70.5 Å². The molecule has 2 heterocycles. The maximum Gasteiger partial charge on any atom is 0.137 e. The fraction of sp³-hybridized carbons (Fsp3) is 0.0690. The first-order valence-electron chi connectivity index (χ1n) is 21.2. The third kappa shape index (κ3) is 4.73. The third-order valence-electron chi connectivity index (χ3n) is 13.8. The lowest BCUT2D eigenvalue weighted by molar-refractivity contribution is 0.563. The Labute approximate surface area is 358 Å². The molecule has 0 atom stereocenters. The van der Waals surface area contributed by atoms with Gasteiger partial charge in [-0.15, -0.1) is 11.3 Å². The maximum atomic E-state index is 6.47. The van der Waals surface area contributed by atoms with Crippen molar-refractivity contribution in [1.29, 1.82) is 0 Å². The van der Waals surface area contributed by atoms with Crippen LogP contribution in [0.25, 0.3) is 64.4 Å². The number of anilines is 3. The molecule has 3 heteroatoms. The van der Waals surface area contributed by atoms with Crippen LogP contribution in [0.2, 0.25) is 0 Å². The smallest absolute Gasteiger partial charge is 0.137 e. The SMILES string of the molecule is CC1(C)c2ccccc2C2(c3ccccc3-c3ccc(-c4ccc(N(c5ccc6c(c5)oc5ccccc56)c5cccc6c5sc5ccccc56)cc4)cc32)c2ccccc21. The molecule has 9 aromatic carbocycles. The second-order valence-corrected chi connectivity index (χ2v) is 18.2. The minimum absolute atomic E-state index is 0.134. The van der Waals surface area contributed by atoms with Gasteiger partial charge in [-0.05, 0) is 104 Å². The zero-order valence-electron chi connectivity index (χ0n) is 33.8. The van der Waals surface area contributed by atoms with E-state index in [1.54, 1.807) is 0 Å². The zero-order chi connectivity index (χ0) is 40.5. The van der Waals surface area contributed by atoms with Gasteiger partial charge < -0.3 is 9.32 Å². The topological polar surface area (TPSA) is 16.4 Å². The molecule has 288 valence electrons. The van der Waals surface area contributed by atoms with E-state index in [-0.39, 0.29) is 5.41 Å². The third-order valence-corrected chi connectivity index (χ3v) is 15.0. The van der Waals surface area contributed by atoms with E-state index in [4.69, 9.17) is 4.42 Å². The Hall–Kier alpha value is -7.20. The maximum absolute atomic E-state index is 6.47. The Bertz CT molecular complexity index is 3540. The van der Waals surface area contributed by atoms with E-state index in [0.29, 0.717) is 0 Å². The second kappa shape index (κ2) is 12.7. The molecule has 61 heavy (non-hydrogen) atoms. The predicted octanol–water partition coefficient (Wildman–Crippen LogP) is 16.1. The largest absolute Gasteiger partial charge is 0.456 e. The van der Waals surface area contributed by atoms with Crippen LogP contribution >= 0.6 is 11.3 Å². The lowest BCUT2D eigenvalue weighted by Gasteiger charge is -2.46. The lowest BCUT2D eigenvalue weighted by Crippen LogP contribution is -2.40. The van der Waals surface area contributed by atoms with Crippen LogP contribution in [0.5, 0.6) is 0 Å². The first-order valence-corrected chi connectivity index (χ1v) is 22.0. The van der Waals surface area contributed by atoms with Crippen molar-refractivity contribution in [3.63, 3.8) is 0 Å². The van der Waals surface area contributed by atoms with Crippen molar-refractivity contribution in [2.45, 2.75) is 24.7 Å². The summed E-state index contributed by atoms with van der Waals surface area (Å²) in [5.74, 6) is 0. The Morgan fingerprint density at radius 3 is 1.79 bits per heavy atom. The Morgan fingerprint density at radius 2 is 1.00 bits per heavy atom. The van der Waals surface area contributed by atoms with Crippen LogP contribution in [0.3, 0.4) is 0 Å². The monoisotopic (exact) mass is 797 g/mol. The van der Waals surface area contributed by atoms with E-state index in [0.717, 1.165) is 39.0 Å². The highest BCUT2D eigenvalue weighted by molar-refractivity contribution is 7.26. The second-order valence-electron chi connectivity index (χ2n) is 17.2. The summed E-state index contributed by atoms with van der Waals surface area (Å²) < 4.78 is 9.02. The van der Waals surface area contributed by atoms with Crippen molar-refractivity contribution in [2.75, 3.05) is 4.90 Å². The van der Waals surface area contributed by atoms with Crippen molar-refractivity contribution in [1.82, 2.24) is 0 Å². The van der Waals surface area contributed by atoms with E-state index >= 15 is 0 Å². The summed E-state index contributed by atoms with van der Waals surface area (Å²) >= 11 is 1.86. The average molecular weight is 798 g/mol. The number of hydrogen-bond acceptors (Lipinski definition) is 3. The number of nitrogens with zero attached hydrogens (tertiary/aromatic N) is 1. The van der Waals surface area contributed by atoms with Gasteiger partial charge in [-0.2, -0.15) is 0 Å². The minimum atomic E-state index is -0.431. The van der Waals surface area contributed by atoms with Gasteiger partial charge in [0, 0.05) is 49.1 Å². The van der Waals surface area contributed by atoms with E-state index in [2.05, 4.69) is 213 Å². The molecule has 2 aliphatic carbocycles. The molecule has 0 bridgehead atoms. The van der Waals surface area contributed by atoms with E-state index in [1.807, 2.05) is 17.4 Å². The summed E-state index contributed by atoms with van der Waals surface area (Å²) in [6.45, 7) is 4.77. The van der Waals surface area contributed by atoms with E-state index < -0.39 is 5.41 Å². The zero-order valence-corrected chi connectivity index (χ0v) is 34.6. The van der Waals surface area contributed by atoms with Gasteiger partial charge in [-0.1, -0.05) is 159 Å². The van der Waals surface area contributed by atoms with Crippen molar-refractivity contribution < 1.29 is 4.42 Å². The number of benzene rings is 9. The lowest BCUT2D eigenvalue weighted by atomic mass is 9.55. The van der Waals surface area contributed by atoms with Gasteiger partial charge >= 0.3 is 0 Å². The van der Waals surface area contributed by atoms with Crippen molar-refractivity contribution in [3.05, 3.63) is 234 Å². The van der Waals surface area contributed by atoms with E-state index in [9.17, 15) is 0 Å². The normalized spacial score (nSPS) is 14.3. The number of para-hydroxylation sites is 1.